The maximum Gasteiger partial charge on any atom is 0.408 e. The Morgan fingerprint density at radius 1 is 1.07 bits per heavy atom. The van der Waals surface area contributed by atoms with Crippen molar-refractivity contribution in [3.63, 3.8) is 0 Å². The number of aromatic nitrogens is 2. The number of alkyl carbamates (subject to hydrolysis) is 1. The Kier molecular flexibility index (Phi) is 13.1. The number of carboxylic acid groups (broad SMARTS) is 1. The number of hydrogen-bond acceptors (Lipinski definition) is 11. The second-order valence-electron chi connectivity index (χ2n) is 16.9. The van der Waals surface area contributed by atoms with E-state index in [0.29, 0.717) is 57.2 Å². The van der Waals surface area contributed by atoms with Crippen molar-refractivity contribution in [2.75, 3.05) is 19.0 Å². The zero-order valence-electron chi connectivity index (χ0n) is 34.2. The van der Waals surface area contributed by atoms with Crippen LogP contribution in [0.3, 0.4) is 0 Å². The number of thiazole rings is 1. The van der Waals surface area contributed by atoms with Crippen molar-refractivity contribution in [2.24, 2.45) is 23.2 Å². The molecule has 1 aromatic carbocycles. The van der Waals surface area contributed by atoms with Crippen LogP contribution in [0.25, 0.3) is 22.3 Å². The quantitative estimate of drug-likeness (QED) is 0.113. The van der Waals surface area contributed by atoms with Crippen LogP contribution in [-0.4, -0.2) is 93.9 Å². The molecule has 314 valence electrons. The van der Waals surface area contributed by atoms with Crippen molar-refractivity contribution in [1.82, 2.24) is 25.5 Å². The molecular formula is C42H55ClN6O8S. The predicted octanol–water partition coefficient (Wildman–Crippen LogP) is 7.30. The summed E-state index contributed by atoms with van der Waals surface area (Å²) in [6.07, 6.45) is 4.41. The van der Waals surface area contributed by atoms with Gasteiger partial charge in [-0.2, -0.15) is 0 Å². The highest BCUT2D eigenvalue weighted by molar-refractivity contribution is 7.14. The fourth-order valence-electron chi connectivity index (χ4n) is 8.46. The average molecular weight is 839 g/mol. The number of carbonyl (C=O) groups is 4. The number of amides is 3. The van der Waals surface area contributed by atoms with Crippen LogP contribution >= 0.6 is 22.9 Å². The highest BCUT2D eigenvalue weighted by atomic mass is 35.5. The van der Waals surface area contributed by atoms with Crippen molar-refractivity contribution in [1.29, 1.82) is 0 Å². The van der Waals surface area contributed by atoms with E-state index in [1.165, 1.54) is 29.4 Å². The molecule has 3 heterocycles. The minimum absolute atomic E-state index is 0.0176. The van der Waals surface area contributed by atoms with Gasteiger partial charge in [0.25, 0.3) is 0 Å². The number of carbonyl (C=O) groups excluding carboxylic acids is 3. The number of pyridine rings is 1. The van der Waals surface area contributed by atoms with Crippen LogP contribution in [0.4, 0.5) is 9.93 Å². The van der Waals surface area contributed by atoms with Gasteiger partial charge in [-0.3, -0.25) is 9.59 Å². The molecule has 3 aromatic rings. The Balaban J connectivity index is 1.34. The third kappa shape index (κ3) is 9.15. The molecule has 14 nitrogen and oxygen atoms in total. The number of aliphatic carboxylic acids is 1. The first-order valence-corrected chi connectivity index (χ1v) is 21.3. The summed E-state index contributed by atoms with van der Waals surface area (Å²) in [7, 11) is 1.51. The summed E-state index contributed by atoms with van der Waals surface area (Å²) in [6.45, 7) is 15.0. The van der Waals surface area contributed by atoms with Crippen molar-refractivity contribution < 1.29 is 38.5 Å². The Morgan fingerprint density at radius 2 is 1.76 bits per heavy atom. The van der Waals surface area contributed by atoms with Gasteiger partial charge in [0, 0.05) is 35.2 Å². The van der Waals surface area contributed by atoms with E-state index in [1.807, 2.05) is 46.9 Å². The Hall–Kier alpha value is -4.63. The topological polar surface area (TPSA) is 181 Å². The number of hydrogen-bond donors (Lipinski definition) is 4. The van der Waals surface area contributed by atoms with Crippen molar-refractivity contribution >= 4 is 62.8 Å². The molecule has 6 rings (SSSR count). The summed E-state index contributed by atoms with van der Waals surface area (Å²) >= 11 is 8.26. The van der Waals surface area contributed by atoms with Gasteiger partial charge in [0.2, 0.25) is 11.8 Å². The number of carboxylic acids is 1. The molecule has 1 saturated heterocycles. The van der Waals surface area contributed by atoms with Gasteiger partial charge >= 0.3 is 12.1 Å². The Bertz CT molecular complexity index is 2020. The van der Waals surface area contributed by atoms with E-state index in [-0.39, 0.29) is 30.1 Å². The van der Waals surface area contributed by atoms with E-state index in [1.54, 1.807) is 18.2 Å². The molecule has 2 aromatic heterocycles. The molecule has 0 spiro atoms. The number of halogens is 1. The fourth-order valence-corrected chi connectivity index (χ4v) is 9.60. The lowest BCUT2D eigenvalue weighted by atomic mass is 9.85. The van der Waals surface area contributed by atoms with Crippen LogP contribution in [0.2, 0.25) is 5.02 Å². The van der Waals surface area contributed by atoms with Crippen LogP contribution in [0.1, 0.15) is 80.1 Å². The molecular weight excluding hydrogens is 784 g/mol. The monoisotopic (exact) mass is 838 g/mol. The average Bonchev–Trinajstić information content (AvgIpc) is 3.98. The van der Waals surface area contributed by atoms with Gasteiger partial charge in [-0.1, -0.05) is 45.4 Å². The van der Waals surface area contributed by atoms with E-state index in [4.69, 9.17) is 35.8 Å². The highest BCUT2D eigenvalue weighted by Gasteiger charge is 2.48. The first-order chi connectivity index (χ1) is 27.5. The predicted molar refractivity (Wildman–Crippen MR) is 223 cm³/mol. The summed E-state index contributed by atoms with van der Waals surface area (Å²) in [4.78, 5) is 65.9. The number of nitrogens with one attached hydrogen (secondary N) is 3. The number of benzene rings is 1. The van der Waals surface area contributed by atoms with Gasteiger partial charge in [-0.15, -0.1) is 17.9 Å². The molecule has 3 aliphatic rings. The molecule has 1 aliphatic heterocycles. The van der Waals surface area contributed by atoms with Gasteiger partial charge in [-0.25, -0.2) is 19.6 Å². The summed E-state index contributed by atoms with van der Waals surface area (Å²) < 4.78 is 18.2. The minimum atomic E-state index is -1.28. The van der Waals surface area contributed by atoms with Crippen molar-refractivity contribution in [3.05, 3.63) is 41.3 Å². The maximum absolute atomic E-state index is 14.8. The summed E-state index contributed by atoms with van der Waals surface area (Å²) in [5.74, 6) is -1.52. The van der Waals surface area contributed by atoms with Gasteiger partial charge in [0.15, 0.2) is 5.13 Å². The van der Waals surface area contributed by atoms with Gasteiger partial charge in [0.1, 0.15) is 52.5 Å². The largest absolute Gasteiger partial charge is 0.495 e. The normalized spacial score (nSPS) is 23.0. The Morgan fingerprint density at radius 3 is 2.34 bits per heavy atom. The number of nitrogens with zero attached hydrogens (tertiary/aromatic N) is 3. The second-order valence-corrected chi connectivity index (χ2v) is 18.2. The molecule has 0 radical (unpaired) electrons. The van der Waals surface area contributed by atoms with Crippen LogP contribution in [-0.2, 0) is 19.1 Å². The molecule has 2 bridgehead atoms. The molecule has 16 heteroatoms. The molecule has 58 heavy (non-hydrogen) atoms. The number of methoxy groups -OCH3 is 1. The lowest BCUT2D eigenvalue weighted by Crippen LogP contribution is -2.59. The fraction of sp³-hybridized carbons (Fsp3) is 0.571. The van der Waals surface area contributed by atoms with Crippen LogP contribution < -0.4 is 25.4 Å². The maximum atomic E-state index is 14.8. The third-order valence-corrected chi connectivity index (χ3v) is 12.7. The third-order valence-electron chi connectivity index (χ3n) is 11.5. The summed E-state index contributed by atoms with van der Waals surface area (Å²) in [6, 6.07) is 1.89. The summed E-state index contributed by atoms with van der Waals surface area (Å²) in [5, 5.41) is 22.4. The number of fused-ring (bicyclic) bond motifs is 3. The Labute approximate surface area is 348 Å². The van der Waals surface area contributed by atoms with Gasteiger partial charge in [-0.05, 0) is 75.3 Å². The smallest absolute Gasteiger partial charge is 0.408 e. The number of likely N-dealkylation sites (tertiary alicyclic amines) is 1. The van der Waals surface area contributed by atoms with Gasteiger partial charge in [0.05, 0.1) is 24.9 Å². The zero-order valence-corrected chi connectivity index (χ0v) is 35.7. The highest BCUT2D eigenvalue weighted by Crippen LogP contribution is 2.46. The molecule has 2 saturated carbocycles. The van der Waals surface area contributed by atoms with Crippen molar-refractivity contribution in [2.45, 2.75) is 116 Å². The van der Waals surface area contributed by atoms with E-state index in [0.717, 1.165) is 25.7 Å². The van der Waals surface area contributed by atoms with E-state index in [2.05, 4.69) is 22.5 Å². The number of rotatable bonds is 15. The van der Waals surface area contributed by atoms with Crippen LogP contribution in [0, 0.1) is 23.2 Å². The lowest BCUT2D eigenvalue weighted by Gasteiger charge is -2.35. The standard InChI is InChI=1S/C42H55ClN6O8S/c1-9-22(10-2)33(39(52)53)47-37(50)29-17-25(19-49(29)38(51)36(42(5,6)7)48-41(54)57-35-23-11-12-24(35)14-13-23)56-31-18-27(28-20-58-40(46-28)44-21(3)4)45-34-26(31)15-16-30(55-8)32(34)43/h9,15-16,18,20-25,29,33,35-36H,1,10-14,17,19H2,2-8H3,(H,44,46)(H,47,50)(H,48,54)(H,52,53)/t22?,23?,24?,25-,29+,33-,35?,36-/m1/s1. The lowest BCUT2D eigenvalue weighted by molar-refractivity contribution is -0.145. The molecule has 1 unspecified atom stereocenters. The number of anilines is 1. The molecule has 3 fully saturated rings. The van der Waals surface area contributed by atoms with E-state index >= 15 is 0 Å². The second kappa shape index (κ2) is 17.7. The number of ether oxygens (including phenoxy) is 3. The van der Waals surface area contributed by atoms with Crippen LogP contribution in [0.15, 0.2) is 36.2 Å². The molecule has 3 amide bonds. The van der Waals surface area contributed by atoms with E-state index < -0.39 is 59.4 Å². The van der Waals surface area contributed by atoms with Crippen molar-refractivity contribution in [3.8, 4) is 22.9 Å². The SMILES string of the molecule is C=CC(CC)[C@@H](NC(=O)[C@@H]1C[C@@H](Oc2cc(-c3csc(NC(C)C)n3)nc3c(Cl)c(OC)ccc23)CN1C(=O)[C@@H](NC(=O)OC1C2CCC1CC2)C(C)(C)C)C(=O)O. The van der Waals surface area contributed by atoms with Crippen LogP contribution in [0.5, 0.6) is 11.5 Å². The molecule has 2 aliphatic carbocycles. The minimum Gasteiger partial charge on any atom is -0.495 e. The van der Waals surface area contributed by atoms with E-state index in [9.17, 15) is 24.3 Å². The van der Waals surface area contributed by atoms with Gasteiger partial charge < -0.3 is 40.2 Å². The molecule has 5 atom stereocenters. The molecule has 4 N–H and O–H groups in total. The first kappa shape index (κ1) is 43.0. The summed E-state index contributed by atoms with van der Waals surface area (Å²) in [5.41, 5.74) is 0.679. The zero-order chi connectivity index (χ0) is 42.1. The first-order valence-electron chi connectivity index (χ1n) is 20.0.